The van der Waals surface area contributed by atoms with Gasteiger partial charge in [0.25, 0.3) is 5.91 Å². The Morgan fingerprint density at radius 2 is 1.77 bits per heavy atom. The number of hydrogen-bond donors (Lipinski definition) is 1. The molecule has 1 N–H and O–H groups in total. The number of nitrogens with one attached hydrogen (secondary N) is 1. The van der Waals surface area contributed by atoms with E-state index in [4.69, 9.17) is 4.84 Å². The van der Waals surface area contributed by atoms with Crippen LogP contribution in [0.2, 0.25) is 0 Å². The zero-order valence-corrected chi connectivity index (χ0v) is 18.8. The number of amides is 1. The normalized spacial score (nSPS) is 11.5. The standard InChI is InChI=1S/C21H25N3O6S/c1-14-10-18(31(27,28)24(3)4)11-19(15(14)2)23-20(25)13-30-22-12-16-6-8-17(9-7-16)21(26)29-5/h6-12H,13H2,1-5H3,(H,23,25)/b22-12+. The lowest BCUT2D eigenvalue weighted by molar-refractivity contribution is -0.120. The first-order valence-corrected chi connectivity index (χ1v) is 10.7. The largest absolute Gasteiger partial charge is 0.465 e. The summed E-state index contributed by atoms with van der Waals surface area (Å²) in [5.41, 5.74) is 2.94. The average molecular weight is 448 g/mol. The monoisotopic (exact) mass is 447 g/mol. The van der Waals surface area contributed by atoms with Crippen molar-refractivity contribution in [2.24, 2.45) is 5.16 Å². The van der Waals surface area contributed by atoms with E-state index >= 15 is 0 Å². The minimum absolute atomic E-state index is 0.0882. The summed E-state index contributed by atoms with van der Waals surface area (Å²) in [5.74, 6) is -0.926. The number of aryl methyl sites for hydroxylation is 1. The zero-order chi connectivity index (χ0) is 23.2. The number of esters is 1. The van der Waals surface area contributed by atoms with Crippen LogP contribution in [0.1, 0.15) is 27.0 Å². The second-order valence-electron chi connectivity index (χ2n) is 6.87. The molecule has 10 heteroatoms. The fourth-order valence-electron chi connectivity index (χ4n) is 2.52. The molecule has 2 rings (SSSR count). The molecule has 0 aromatic heterocycles. The van der Waals surface area contributed by atoms with Crippen molar-refractivity contribution in [3.8, 4) is 0 Å². The number of nitrogens with zero attached hydrogens (tertiary/aromatic N) is 2. The summed E-state index contributed by atoms with van der Waals surface area (Å²) in [5, 5.41) is 6.39. The van der Waals surface area contributed by atoms with Gasteiger partial charge in [-0.1, -0.05) is 17.3 Å². The van der Waals surface area contributed by atoms with E-state index in [0.717, 1.165) is 15.4 Å². The molecular weight excluding hydrogens is 422 g/mol. The van der Waals surface area contributed by atoms with Gasteiger partial charge in [0.1, 0.15) is 0 Å². The zero-order valence-electron chi connectivity index (χ0n) is 18.0. The third-order valence-electron chi connectivity index (χ3n) is 4.50. The SMILES string of the molecule is COC(=O)c1ccc(/C=N/OCC(=O)Nc2cc(S(=O)(=O)N(C)C)cc(C)c2C)cc1. The van der Waals surface area contributed by atoms with Crippen LogP contribution in [0, 0.1) is 13.8 Å². The first-order valence-electron chi connectivity index (χ1n) is 9.23. The van der Waals surface area contributed by atoms with Gasteiger partial charge in [-0.3, -0.25) is 4.79 Å². The number of methoxy groups -OCH3 is 1. The summed E-state index contributed by atoms with van der Waals surface area (Å²) in [6.07, 6.45) is 1.40. The highest BCUT2D eigenvalue weighted by molar-refractivity contribution is 7.89. The number of rotatable bonds is 8. The number of hydrogen-bond acceptors (Lipinski definition) is 7. The highest BCUT2D eigenvalue weighted by atomic mass is 32.2. The van der Waals surface area contributed by atoms with Crippen LogP contribution < -0.4 is 5.32 Å². The maximum absolute atomic E-state index is 12.4. The van der Waals surface area contributed by atoms with Crippen LogP contribution in [0.5, 0.6) is 0 Å². The highest BCUT2D eigenvalue weighted by Crippen LogP contribution is 2.25. The van der Waals surface area contributed by atoms with Crippen molar-refractivity contribution in [3.63, 3.8) is 0 Å². The lowest BCUT2D eigenvalue weighted by atomic mass is 10.1. The predicted octanol–water partition coefficient (Wildman–Crippen LogP) is 2.33. The van der Waals surface area contributed by atoms with Crippen molar-refractivity contribution < 1.29 is 27.6 Å². The van der Waals surface area contributed by atoms with Crippen molar-refractivity contribution in [1.29, 1.82) is 0 Å². The Kier molecular flexibility index (Phi) is 7.89. The highest BCUT2D eigenvalue weighted by Gasteiger charge is 2.20. The molecule has 0 aliphatic carbocycles. The van der Waals surface area contributed by atoms with Gasteiger partial charge in [-0.25, -0.2) is 17.5 Å². The molecule has 31 heavy (non-hydrogen) atoms. The number of carbonyl (C=O) groups excluding carboxylic acids is 2. The van der Waals surface area contributed by atoms with Crippen LogP contribution in [0.15, 0.2) is 46.4 Å². The second-order valence-corrected chi connectivity index (χ2v) is 9.02. The Morgan fingerprint density at radius 3 is 2.35 bits per heavy atom. The average Bonchev–Trinajstić information content (AvgIpc) is 2.74. The molecule has 0 unspecified atom stereocenters. The number of benzene rings is 2. The number of oxime groups is 1. The third-order valence-corrected chi connectivity index (χ3v) is 6.29. The van der Waals surface area contributed by atoms with Crippen molar-refractivity contribution in [3.05, 3.63) is 58.7 Å². The molecule has 0 aliphatic heterocycles. The van der Waals surface area contributed by atoms with Gasteiger partial charge in [0.05, 0.1) is 23.8 Å². The Hall–Kier alpha value is -3.24. The van der Waals surface area contributed by atoms with Crippen molar-refractivity contribution in [2.45, 2.75) is 18.7 Å². The van der Waals surface area contributed by atoms with Crippen LogP contribution in [-0.2, 0) is 24.4 Å². The number of anilines is 1. The minimum Gasteiger partial charge on any atom is -0.465 e. The second kappa shape index (κ2) is 10.2. The van der Waals surface area contributed by atoms with Gasteiger partial charge in [-0.15, -0.1) is 0 Å². The predicted molar refractivity (Wildman–Crippen MR) is 117 cm³/mol. The van der Waals surface area contributed by atoms with Gasteiger partial charge < -0.3 is 14.9 Å². The van der Waals surface area contributed by atoms with Gasteiger partial charge in [-0.2, -0.15) is 0 Å². The van der Waals surface area contributed by atoms with Gasteiger partial charge in [-0.05, 0) is 54.8 Å². The maximum Gasteiger partial charge on any atom is 0.337 e. The molecule has 0 aliphatic rings. The van der Waals surface area contributed by atoms with Gasteiger partial charge in [0.2, 0.25) is 10.0 Å². The summed E-state index contributed by atoms with van der Waals surface area (Å²) >= 11 is 0. The molecule has 0 heterocycles. The smallest absolute Gasteiger partial charge is 0.337 e. The third kappa shape index (κ3) is 6.12. The Bertz CT molecular complexity index is 1090. The van der Waals surface area contributed by atoms with E-state index in [2.05, 4.69) is 15.2 Å². The molecule has 0 fully saturated rings. The van der Waals surface area contributed by atoms with Crippen LogP contribution >= 0.6 is 0 Å². The first kappa shape index (κ1) is 24.0. The fourth-order valence-corrected chi connectivity index (χ4v) is 3.53. The molecule has 1 amide bonds. The van der Waals surface area contributed by atoms with Crippen LogP contribution in [0.3, 0.4) is 0 Å². The van der Waals surface area contributed by atoms with E-state index in [9.17, 15) is 18.0 Å². The fraction of sp³-hybridized carbons (Fsp3) is 0.286. The first-order chi connectivity index (χ1) is 14.6. The van der Waals surface area contributed by atoms with Gasteiger partial charge in [0, 0.05) is 19.8 Å². The number of carbonyl (C=O) groups is 2. The molecular formula is C21H25N3O6S. The molecule has 0 atom stereocenters. The van der Waals surface area contributed by atoms with E-state index in [0.29, 0.717) is 16.8 Å². The van der Waals surface area contributed by atoms with E-state index in [1.807, 2.05) is 0 Å². The molecule has 0 radical (unpaired) electrons. The summed E-state index contributed by atoms with van der Waals surface area (Å²) in [6.45, 7) is 3.19. The molecule has 0 saturated carbocycles. The summed E-state index contributed by atoms with van der Waals surface area (Å²) in [4.78, 5) is 28.7. The van der Waals surface area contributed by atoms with Gasteiger partial charge >= 0.3 is 5.97 Å². The molecule has 0 bridgehead atoms. The molecule has 166 valence electrons. The molecule has 2 aromatic rings. The lowest BCUT2D eigenvalue weighted by Gasteiger charge is -2.16. The molecule has 0 saturated heterocycles. The quantitative estimate of drug-likeness (QED) is 0.377. The van der Waals surface area contributed by atoms with E-state index < -0.39 is 21.9 Å². The Labute approximate surface area is 181 Å². The van der Waals surface area contributed by atoms with E-state index in [-0.39, 0.29) is 11.5 Å². The number of ether oxygens (including phenoxy) is 1. The van der Waals surface area contributed by atoms with Gasteiger partial charge in [0.15, 0.2) is 6.61 Å². The Balaban J connectivity index is 2.01. The molecule has 9 nitrogen and oxygen atoms in total. The van der Waals surface area contributed by atoms with E-state index in [1.165, 1.54) is 33.5 Å². The summed E-state index contributed by atoms with van der Waals surface area (Å²) < 4.78 is 30.5. The Morgan fingerprint density at radius 1 is 1.13 bits per heavy atom. The van der Waals surface area contributed by atoms with Crippen molar-refractivity contribution in [1.82, 2.24) is 4.31 Å². The van der Waals surface area contributed by atoms with Crippen LogP contribution in [-0.4, -0.2) is 58.6 Å². The molecule has 0 spiro atoms. The van der Waals surface area contributed by atoms with Crippen LogP contribution in [0.4, 0.5) is 5.69 Å². The van der Waals surface area contributed by atoms with Crippen LogP contribution in [0.25, 0.3) is 0 Å². The summed E-state index contributed by atoms with van der Waals surface area (Å²) in [6, 6.07) is 9.46. The number of sulfonamides is 1. The topological polar surface area (TPSA) is 114 Å². The molecule has 2 aromatic carbocycles. The van der Waals surface area contributed by atoms with Crippen molar-refractivity contribution >= 4 is 33.8 Å². The lowest BCUT2D eigenvalue weighted by Crippen LogP contribution is -2.23. The summed E-state index contributed by atoms with van der Waals surface area (Å²) in [7, 11) is 0.549. The minimum atomic E-state index is -3.64. The maximum atomic E-state index is 12.4. The van der Waals surface area contributed by atoms with E-state index in [1.54, 1.807) is 44.2 Å². The van der Waals surface area contributed by atoms with Crippen molar-refractivity contribution in [2.75, 3.05) is 33.1 Å².